The summed E-state index contributed by atoms with van der Waals surface area (Å²) < 4.78 is 0. The van der Waals surface area contributed by atoms with E-state index < -0.39 is 0 Å². The van der Waals surface area contributed by atoms with Gasteiger partial charge in [0.05, 0.1) is 6.07 Å². The quantitative estimate of drug-likeness (QED) is 0.883. The lowest BCUT2D eigenvalue weighted by molar-refractivity contribution is 0.630. The highest BCUT2D eigenvalue weighted by atomic mass is 14.9. The maximum absolute atomic E-state index is 9.24. The Morgan fingerprint density at radius 2 is 1.89 bits per heavy atom. The molecule has 2 heteroatoms. The van der Waals surface area contributed by atoms with Gasteiger partial charge in [-0.3, -0.25) is 5.32 Å². The molecule has 1 atom stereocenters. The van der Waals surface area contributed by atoms with Gasteiger partial charge >= 0.3 is 0 Å². The van der Waals surface area contributed by atoms with Crippen molar-refractivity contribution in [3.63, 3.8) is 0 Å². The van der Waals surface area contributed by atoms with E-state index in [0.717, 1.165) is 5.56 Å². The van der Waals surface area contributed by atoms with Gasteiger partial charge in [0.2, 0.25) is 0 Å². The molecule has 2 aromatic carbocycles. The number of hydrogen-bond acceptors (Lipinski definition) is 2. The van der Waals surface area contributed by atoms with Crippen molar-refractivity contribution in [2.24, 2.45) is 0 Å². The van der Waals surface area contributed by atoms with Crippen LogP contribution in [-0.2, 0) is 6.54 Å². The summed E-state index contributed by atoms with van der Waals surface area (Å²) in [4.78, 5) is 0. The molecule has 0 spiro atoms. The molecule has 18 heavy (non-hydrogen) atoms. The topological polar surface area (TPSA) is 35.8 Å². The molecule has 0 fully saturated rings. The van der Waals surface area contributed by atoms with E-state index in [9.17, 15) is 5.26 Å². The first-order valence-electron chi connectivity index (χ1n) is 6.03. The molecule has 2 nitrogen and oxygen atoms in total. The summed E-state index contributed by atoms with van der Waals surface area (Å²) in [7, 11) is 0. The van der Waals surface area contributed by atoms with Crippen molar-refractivity contribution in [1.29, 1.82) is 5.26 Å². The van der Waals surface area contributed by atoms with Crippen LogP contribution in [0, 0.1) is 18.3 Å². The van der Waals surface area contributed by atoms with Gasteiger partial charge in [0.15, 0.2) is 0 Å². The van der Waals surface area contributed by atoms with Crippen molar-refractivity contribution >= 4 is 0 Å². The third-order valence-electron chi connectivity index (χ3n) is 2.86. The molecule has 2 rings (SSSR count). The van der Waals surface area contributed by atoms with E-state index >= 15 is 0 Å². The van der Waals surface area contributed by atoms with E-state index in [1.165, 1.54) is 11.1 Å². The van der Waals surface area contributed by atoms with Gasteiger partial charge in [0.25, 0.3) is 0 Å². The predicted octanol–water partition coefficient (Wildman–Crippen LogP) is 3.35. The molecule has 1 N–H and O–H groups in total. The van der Waals surface area contributed by atoms with Crippen LogP contribution < -0.4 is 5.32 Å². The minimum atomic E-state index is -0.259. The first-order chi connectivity index (χ1) is 8.79. The Morgan fingerprint density at radius 1 is 1.11 bits per heavy atom. The molecule has 0 aliphatic carbocycles. The average molecular weight is 236 g/mol. The molecule has 0 heterocycles. The number of aryl methyl sites for hydroxylation is 1. The summed E-state index contributed by atoms with van der Waals surface area (Å²) in [6, 6.07) is 20.2. The maximum Gasteiger partial charge on any atom is 0.121 e. The highest BCUT2D eigenvalue weighted by Crippen LogP contribution is 2.14. The summed E-state index contributed by atoms with van der Waals surface area (Å²) >= 11 is 0. The first-order valence-corrected chi connectivity index (χ1v) is 6.03. The Bertz CT molecular complexity index is 541. The summed E-state index contributed by atoms with van der Waals surface area (Å²) in [6.45, 7) is 2.74. The van der Waals surface area contributed by atoms with Gasteiger partial charge in [-0.2, -0.15) is 5.26 Å². The van der Waals surface area contributed by atoms with Gasteiger partial charge in [0, 0.05) is 6.54 Å². The van der Waals surface area contributed by atoms with Gasteiger partial charge in [-0.1, -0.05) is 60.2 Å². The Hall–Kier alpha value is -2.11. The molecule has 0 saturated carbocycles. The van der Waals surface area contributed by atoms with E-state index in [0.29, 0.717) is 6.54 Å². The molecule has 0 unspecified atom stereocenters. The van der Waals surface area contributed by atoms with E-state index in [1.54, 1.807) is 0 Å². The van der Waals surface area contributed by atoms with Crippen molar-refractivity contribution in [2.45, 2.75) is 19.5 Å². The fourth-order valence-electron chi connectivity index (χ4n) is 1.90. The molecule has 0 aliphatic heterocycles. The molecular formula is C16H16N2. The van der Waals surface area contributed by atoms with Crippen LogP contribution in [0.2, 0.25) is 0 Å². The molecule has 0 aliphatic rings. The van der Waals surface area contributed by atoms with Crippen LogP contribution in [0.3, 0.4) is 0 Å². The Labute approximate surface area is 108 Å². The zero-order valence-corrected chi connectivity index (χ0v) is 10.4. The largest absolute Gasteiger partial charge is 0.294 e. The molecule has 0 amide bonds. The Balaban J connectivity index is 2.05. The van der Waals surface area contributed by atoms with Crippen LogP contribution in [0.4, 0.5) is 0 Å². The summed E-state index contributed by atoms with van der Waals surface area (Å²) in [6.07, 6.45) is 0. The van der Waals surface area contributed by atoms with Crippen LogP contribution in [-0.4, -0.2) is 0 Å². The highest BCUT2D eigenvalue weighted by molar-refractivity contribution is 5.28. The number of benzene rings is 2. The lowest BCUT2D eigenvalue weighted by Gasteiger charge is -2.12. The number of hydrogen-bond donors (Lipinski definition) is 1. The number of nitrogens with one attached hydrogen (secondary N) is 1. The van der Waals surface area contributed by atoms with Crippen molar-refractivity contribution in [1.82, 2.24) is 5.32 Å². The zero-order chi connectivity index (χ0) is 12.8. The molecule has 0 radical (unpaired) electrons. The van der Waals surface area contributed by atoms with Crippen LogP contribution in [0.15, 0.2) is 54.6 Å². The molecule has 0 aromatic heterocycles. The molecule has 0 bridgehead atoms. The van der Waals surface area contributed by atoms with Crippen molar-refractivity contribution in [2.75, 3.05) is 0 Å². The van der Waals surface area contributed by atoms with Gasteiger partial charge in [-0.25, -0.2) is 0 Å². The first kappa shape index (κ1) is 12.3. The van der Waals surface area contributed by atoms with E-state index in [-0.39, 0.29) is 6.04 Å². The zero-order valence-electron chi connectivity index (χ0n) is 10.4. The standard InChI is InChI=1S/C16H16N2/c1-13-6-5-9-15(10-13)16(11-17)18-12-14-7-3-2-4-8-14/h2-10,16,18H,12H2,1H3/t16-/m0/s1. The fraction of sp³-hybridized carbons (Fsp3) is 0.188. The Kier molecular flexibility index (Phi) is 4.11. The minimum Gasteiger partial charge on any atom is -0.294 e. The van der Waals surface area contributed by atoms with Gasteiger partial charge in [-0.15, -0.1) is 0 Å². The van der Waals surface area contributed by atoms with Gasteiger partial charge in [0.1, 0.15) is 6.04 Å². The smallest absolute Gasteiger partial charge is 0.121 e. The summed E-state index contributed by atoms with van der Waals surface area (Å²) in [5, 5.41) is 12.5. The van der Waals surface area contributed by atoms with Crippen LogP contribution >= 0.6 is 0 Å². The lowest BCUT2D eigenvalue weighted by Crippen LogP contribution is -2.19. The Morgan fingerprint density at radius 3 is 2.56 bits per heavy atom. The van der Waals surface area contributed by atoms with Crippen molar-refractivity contribution in [3.05, 3.63) is 71.3 Å². The summed E-state index contributed by atoms with van der Waals surface area (Å²) in [5.41, 5.74) is 3.38. The van der Waals surface area contributed by atoms with Gasteiger partial charge in [-0.05, 0) is 18.1 Å². The van der Waals surface area contributed by atoms with Gasteiger partial charge < -0.3 is 0 Å². The second-order valence-corrected chi connectivity index (χ2v) is 4.34. The molecular weight excluding hydrogens is 220 g/mol. The second kappa shape index (κ2) is 6.00. The second-order valence-electron chi connectivity index (χ2n) is 4.34. The van der Waals surface area contributed by atoms with Crippen LogP contribution in [0.25, 0.3) is 0 Å². The van der Waals surface area contributed by atoms with Crippen LogP contribution in [0.5, 0.6) is 0 Å². The molecule has 90 valence electrons. The van der Waals surface area contributed by atoms with E-state index in [1.807, 2.05) is 49.4 Å². The van der Waals surface area contributed by atoms with Crippen molar-refractivity contribution < 1.29 is 0 Å². The van der Waals surface area contributed by atoms with E-state index in [2.05, 4.69) is 23.5 Å². The summed E-state index contributed by atoms with van der Waals surface area (Å²) in [5.74, 6) is 0. The normalized spacial score (nSPS) is 11.8. The molecule has 0 saturated heterocycles. The third kappa shape index (κ3) is 3.19. The average Bonchev–Trinajstić information content (AvgIpc) is 2.41. The van der Waals surface area contributed by atoms with E-state index in [4.69, 9.17) is 0 Å². The monoisotopic (exact) mass is 236 g/mol. The number of nitriles is 1. The lowest BCUT2D eigenvalue weighted by atomic mass is 10.1. The fourth-order valence-corrected chi connectivity index (χ4v) is 1.90. The minimum absolute atomic E-state index is 0.259. The highest BCUT2D eigenvalue weighted by Gasteiger charge is 2.09. The SMILES string of the molecule is Cc1cccc([C@H](C#N)NCc2ccccc2)c1. The number of rotatable bonds is 4. The van der Waals surface area contributed by atoms with Crippen molar-refractivity contribution in [3.8, 4) is 6.07 Å². The third-order valence-corrected chi connectivity index (χ3v) is 2.86. The molecule has 2 aromatic rings. The number of nitrogens with zero attached hydrogens (tertiary/aromatic N) is 1. The maximum atomic E-state index is 9.24. The predicted molar refractivity (Wildman–Crippen MR) is 72.8 cm³/mol. The van der Waals surface area contributed by atoms with Crippen LogP contribution in [0.1, 0.15) is 22.7 Å².